The second-order valence-corrected chi connectivity index (χ2v) is 8.45. The largest absolute Gasteiger partial charge is 0.393 e. The smallest absolute Gasteiger partial charge is 0.175 e. The molecular formula is C17H19ClN2O3S. The number of pyridine rings is 1. The molecule has 0 saturated carbocycles. The van der Waals surface area contributed by atoms with Crippen LogP contribution in [-0.2, 0) is 9.84 Å². The molecule has 1 aliphatic rings. The molecule has 0 atom stereocenters. The van der Waals surface area contributed by atoms with Crippen molar-refractivity contribution >= 4 is 27.3 Å². The molecule has 1 N–H and O–H groups in total. The van der Waals surface area contributed by atoms with E-state index in [1.165, 1.54) is 6.26 Å². The van der Waals surface area contributed by atoms with Gasteiger partial charge in [0.05, 0.1) is 11.0 Å². The first-order chi connectivity index (χ1) is 11.3. The Hall–Kier alpha value is -1.63. The van der Waals surface area contributed by atoms with Crippen molar-refractivity contribution in [3.63, 3.8) is 0 Å². The summed E-state index contributed by atoms with van der Waals surface area (Å²) in [5.41, 5.74) is 1.76. The molecule has 1 fully saturated rings. The zero-order valence-electron chi connectivity index (χ0n) is 13.3. The fourth-order valence-corrected chi connectivity index (χ4v) is 3.64. The topological polar surface area (TPSA) is 70.5 Å². The summed E-state index contributed by atoms with van der Waals surface area (Å²) in [4.78, 5) is 6.77. The highest BCUT2D eigenvalue weighted by Gasteiger charge is 2.19. The van der Waals surface area contributed by atoms with Crippen molar-refractivity contribution in [3.05, 3.63) is 41.6 Å². The van der Waals surface area contributed by atoms with Crippen LogP contribution in [0.25, 0.3) is 11.1 Å². The van der Waals surface area contributed by atoms with Crippen LogP contribution in [0.1, 0.15) is 12.8 Å². The zero-order chi connectivity index (χ0) is 17.3. The highest BCUT2D eigenvalue weighted by Crippen LogP contribution is 2.28. The molecule has 1 aliphatic heterocycles. The maximum Gasteiger partial charge on any atom is 0.175 e. The molecule has 0 radical (unpaired) electrons. The maximum atomic E-state index is 11.6. The molecule has 2 aromatic rings. The summed E-state index contributed by atoms with van der Waals surface area (Å²) in [6.45, 7) is 1.47. The molecule has 0 unspecified atom stereocenters. The van der Waals surface area contributed by atoms with E-state index in [0.717, 1.165) is 30.0 Å². The Balaban J connectivity index is 1.91. The average molecular weight is 367 g/mol. The lowest BCUT2D eigenvalue weighted by molar-refractivity contribution is 0.145. The lowest BCUT2D eigenvalue weighted by Gasteiger charge is -2.30. The van der Waals surface area contributed by atoms with Gasteiger partial charge in [0.25, 0.3) is 0 Å². The van der Waals surface area contributed by atoms with E-state index in [4.69, 9.17) is 11.6 Å². The number of halogens is 1. The van der Waals surface area contributed by atoms with Gasteiger partial charge in [-0.3, -0.25) is 0 Å². The number of aliphatic hydroxyl groups excluding tert-OH is 1. The van der Waals surface area contributed by atoms with Gasteiger partial charge in [0.15, 0.2) is 9.84 Å². The Morgan fingerprint density at radius 3 is 2.33 bits per heavy atom. The molecule has 1 aromatic heterocycles. The van der Waals surface area contributed by atoms with Crippen LogP contribution in [0.4, 0.5) is 5.82 Å². The van der Waals surface area contributed by atoms with Gasteiger partial charge in [-0.15, -0.1) is 0 Å². The number of aromatic nitrogens is 1. The van der Waals surface area contributed by atoms with E-state index < -0.39 is 9.84 Å². The first kappa shape index (κ1) is 17.2. The molecule has 5 nitrogen and oxygen atoms in total. The Morgan fingerprint density at radius 1 is 1.12 bits per heavy atom. The molecule has 2 heterocycles. The summed E-state index contributed by atoms with van der Waals surface area (Å²) >= 11 is 6.17. The standard InChI is InChI=1S/C17H19ClN2O3S/c1-24(22,23)15-4-2-12(3-5-15)13-10-16(18)19-17(11-13)20-8-6-14(21)7-9-20/h2-5,10-11,14,21H,6-9H2,1H3. The third kappa shape index (κ3) is 3.88. The van der Waals surface area contributed by atoms with Crippen LogP contribution in [-0.4, -0.2) is 44.0 Å². The van der Waals surface area contributed by atoms with Gasteiger partial charge in [0.1, 0.15) is 11.0 Å². The van der Waals surface area contributed by atoms with Gasteiger partial charge < -0.3 is 10.0 Å². The minimum atomic E-state index is -3.21. The number of sulfone groups is 1. The van der Waals surface area contributed by atoms with Crippen LogP contribution in [0.3, 0.4) is 0 Å². The SMILES string of the molecule is CS(=O)(=O)c1ccc(-c2cc(Cl)nc(N3CCC(O)CC3)c2)cc1. The van der Waals surface area contributed by atoms with Crippen molar-refractivity contribution in [1.29, 1.82) is 0 Å². The van der Waals surface area contributed by atoms with Gasteiger partial charge in [-0.05, 0) is 48.2 Å². The van der Waals surface area contributed by atoms with Crippen molar-refractivity contribution in [1.82, 2.24) is 4.98 Å². The molecule has 0 spiro atoms. The van der Waals surface area contributed by atoms with Crippen molar-refractivity contribution in [2.75, 3.05) is 24.2 Å². The fraction of sp³-hybridized carbons (Fsp3) is 0.353. The minimum absolute atomic E-state index is 0.247. The van der Waals surface area contributed by atoms with Crippen LogP contribution in [0.15, 0.2) is 41.3 Å². The monoisotopic (exact) mass is 366 g/mol. The van der Waals surface area contributed by atoms with Crippen LogP contribution in [0.2, 0.25) is 5.15 Å². The summed E-state index contributed by atoms with van der Waals surface area (Å²) < 4.78 is 23.1. The fourth-order valence-electron chi connectivity index (χ4n) is 2.80. The zero-order valence-corrected chi connectivity index (χ0v) is 14.9. The predicted molar refractivity (Wildman–Crippen MR) is 95.2 cm³/mol. The summed E-state index contributed by atoms with van der Waals surface area (Å²) in [5.74, 6) is 0.775. The van der Waals surface area contributed by atoms with Crippen molar-refractivity contribution in [3.8, 4) is 11.1 Å². The van der Waals surface area contributed by atoms with Gasteiger partial charge in [0.2, 0.25) is 0 Å². The molecule has 1 saturated heterocycles. The van der Waals surface area contributed by atoms with Gasteiger partial charge in [-0.1, -0.05) is 23.7 Å². The highest BCUT2D eigenvalue weighted by molar-refractivity contribution is 7.90. The molecule has 0 bridgehead atoms. The first-order valence-electron chi connectivity index (χ1n) is 7.74. The molecular weight excluding hydrogens is 348 g/mol. The van der Waals surface area contributed by atoms with Crippen molar-refractivity contribution in [2.45, 2.75) is 23.8 Å². The van der Waals surface area contributed by atoms with E-state index in [1.54, 1.807) is 30.3 Å². The van der Waals surface area contributed by atoms with Gasteiger partial charge in [-0.25, -0.2) is 13.4 Å². The van der Waals surface area contributed by atoms with Crippen molar-refractivity contribution in [2.24, 2.45) is 0 Å². The number of anilines is 1. The molecule has 128 valence electrons. The second kappa shape index (κ2) is 6.70. The van der Waals surface area contributed by atoms with Crippen LogP contribution < -0.4 is 4.90 Å². The number of rotatable bonds is 3. The molecule has 7 heteroatoms. The van der Waals surface area contributed by atoms with Crippen LogP contribution >= 0.6 is 11.6 Å². The van der Waals surface area contributed by atoms with Gasteiger partial charge in [-0.2, -0.15) is 0 Å². The van der Waals surface area contributed by atoms with Gasteiger partial charge >= 0.3 is 0 Å². The maximum absolute atomic E-state index is 11.6. The number of hydrogen-bond acceptors (Lipinski definition) is 5. The normalized spacial score (nSPS) is 16.4. The molecule has 1 aromatic carbocycles. The summed E-state index contributed by atoms with van der Waals surface area (Å²) in [7, 11) is -3.21. The third-order valence-electron chi connectivity index (χ3n) is 4.18. The molecule has 0 aliphatic carbocycles. The van der Waals surface area contributed by atoms with Crippen molar-refractivity contribution < 1.29 is 13.5 Å². The van der Waals surface area contributed by atoms with Crippen LogP contribution in [0, 0.1) is 0 Å². The molecule has 24 heavy (non-hydrogen) atoms. The average Bonchev–Trinajstić information content (AvgIpc) is 2.54. The van der Waals surface area contributed by atoms with E-state index in [1.807, 2.05) is 6.07 Å². The van der Waals surface area contributed by atoms with E-state index in [0.29, 0.717) is 18.0 Å². The van der Waals surface area contributed by atoms with E-state index in [-0.39, 0.29) is 11.0 Å². The minimum Gasteiger partial charge on any atom is -0.393 e. The first-order valence-corrected chi connectivity index (χ1v) is 10.0. The number of piperidine rings is 1. The lowest BCUT2D eigenvalue weighted by atomic mass is 10.1. The summed E-state index contributed by atoms with van der Waals surface area (Å²) in [6.07, 6.45) is 2.37. The van der Waals surface area contributed by atoms with E-state index in [2.05, 4.69) is 9.88 Å². The third-order valence-corrected chi connectivity index (χ3v) is 5.51. The number of nitrogens with zero attached hydrogens (tertiary/aromatic N) is 2. The Morgan fingerprint density at radius 2 is 1.75 bits per heavy atom. The van der Waals surface area contributed by atoms with Gasteiger partial charge in [0, 0.05) is 19.3 Å². The highest BCUT2D eigenvalue weighted by atomic mass is 35.5. The van der Waals surface area contributed by atoms with E-state index >= 15 is 0 Å². The molecule has 3 rings (SSSR count). The lowest BCUT2D eigenvalue weighted by Crippen LogP contribution is -2.36. The Bertz CT molecular complexity index is 829. The second-order valence-electron chi connectivity index (χ2n) is 6.05. The Labute approximate surface area is 146 Å². The summed E-state index contributed by atoms with van der Waals surface area (Å²) in [5, 5.41) is 10.0. The number of hydrogen-bond donors (Lipinski definition) is 1. The number of benzene rings is 1. The van der Waals surface area contributed by atoms with E-state index in [9.17, 15) is 13.5 Å². The predicted octanol–water partition coefficient (Wildman–Crippen LogP) is 2.77. The molecule has 0 amide bonds. The van der Waals surface area contributed by atoms with Crippen LogP contribution in [0.5, 0.6) is 0 Å². The Kier molecular flexibility index (Phi) is 4.80. The number of aliphatic hydroxyl groups is 1. The quantitative estimate of drug-likeness (QED) is 0.846. The summed E-state index contributed by atoms with van der Waals surface area (Å²) in [6, 6.07) is 10.4.